The van der Waals surface area contributed by atoms with Crippen molar-refractivity contribution in [2.45, 2.75) is 237 Å². The van der Waals surface area contributed by atoms with Gasteiger partial charge in [-0.3, -0.25) is 47.9 Å². The number of nitrogens with zero attached hydrogens (tertiary/aromatic N) is 11. The minimum Gasteiger partial charge on any atom is -0.379 e. The molecular formula is C101H161N11O18. The number of hydrogen-bond acceptors (Lipinski definition) is 20. The molecule has 1 aliphatic carbocycles. The average molecular weight is 1820 g/mol. The first-order valence-corrected chi connectivity index (χ1v) is 48.3. The van der Waals surface area contributed by atoms with E-state index in [1.807, 2.05) is 19.6 Å². The average Bonchev–Trinajstić information content (AvgIpc) is 1.67. The Hall–Kier alpha value is -8.16. The predicted molar refractivity (Wildman–Crippen MR) is 502 cm³/mol. The van der Waals surface area contributed by atoms with Gasteiger partial charge in [-0.15, -0.1) is 5.10 Å². The summed E-state index contributed by atoms with van der Waals surface area (Å²) in [5.41, 5.74) is 4.71. The number of Topliss-reactive ketones (excluding diaryl/α,β-unsaturated/α-hetero) is 2. The van der Waals surface area contributed by atoms with Crippen LogP contribution in [0.5, 0.6) is 0 Å². The van der Waals surface area contributed by atoms with E-state index in [-0.39, 0.29) is 52.2 Å². The van der Waals surface area contributed by atoms with E-state index in [2.05, 4.69) is 120 Å². The third-order valence-corrected chi connectivity index (χ3v) is 26.2. The molecule has 728 valence electrons. The van der Waals surface area contributed by atoms with Crippen LogP contribution in [0.2, 0.25) is 0 Å². The number of rotatable bonds is 55. The molecule has 0 atom stereocenters. The van der Waals surface area contributed by atoms with Crippen LogP contribution in [0.15, 0.2) is 104 Å². The second kappa shape index (κ2) is 56.1. The van der Waals surface area contributed by atoms with Crippen LogP contribution in [-0.4, -0.2) is 291 Å². The van der Waals surface area contributed by atoms with Crippen LogP contribution >= 0.6 is 0 Å². The molecule has 5 fully saturated rings. The van der Waals surface area contributed by atoms with Crippen molar-refractivity contribution in [3.05, 3.63) is 110 Å². The number of ether oxygens (including phenoxy) is 8. The summed E-state index contributed by atoms with van der Waals surface area (Å²) in [6.45, 7) is 59.6. The van der Waals surface area contributed by atoms with Crippen molar-refractivity contribution in [2.24, 2.45) is 57.2 Å². The maximum Gasteiger partial charge on any atom is 0.251 e. The van der Waals surface area contributed by atoms with Crippen molar-refractivity contribution in [3.63, 3.8) is 0 Å². The SMILES string of the molecule is C=C1C=CC(=O)N1CC1CCC(C(=O)CCCCCCC(=O)N2CC(C(C)(C)C)C2)CC1.C=C1C=CC(=O)N1CCCCCC(=O)CCCCCCC(=O)N1CC(C(C)(C)C)C1.C=C1C=CC(=O)N1CCOCCOCCOCCOCCC(=O)N1CC(C(C)(C)C)C1.C=C1C=CC(=O)N1Cc1cn(CCOCCOCCOCCOCCC(=O)N2CC(C(C)(C)C)C2)nn1. The number of likely N-dealkylation sites (tertiary alicyclic amines) is 4. The Labute approximate surface area is 776 Å². The van der Waals surface area contributed by atoms with Crippen molar-refractivity contribution in [3.8, 4) is 0 Å². The zero-order chi connectivity index (χ0) is 94.8. The van der Waals surface area contributed by atoms with E-state index in [1.165, 1.54) is 12.2 Å². The van der Waals surface area contributed by atoms with Crippen molar-refractivity contribution >= 4 is 58.8 Å². The van der Waals surface area contributed by atoms with E-state index >= 15 is 0 Å². The van der Waals surface area contributed by atoms with Gasteiger partial charge in [0, 0.05) is 157 Å². The Morgan fingerprint density at radius 3 is 0.985 bits per heavy atom. The van der Waals surface area contributed by atoms with E-state index < -0.39 is 0 Å². The number of carbonyl (C=O) groups excluding carboxylic acids is 10. The molecule has 0 spiro atoms. The first-order chi connectivity index (χ1) is 61.9. The first kappa shape index (κ1) is 109. The molecule has 0 unspecified atom stereocenters. The molecular weight excluding hydrogens is 1660 g/mol. The zero-order valence-electron chi connectivity index (χ0n) is 81.3. The van der Waals surface area contributed by atoms with Gasteiger partial charge in [-0.05, 0) is 140 Å². The third-order valence-electron chi connectivity index (χ3n) is 26.2. The lowest BCUT2D eigenvalue weighted by Crippen LogP contribution is -2.54. The van der Waals surface area contributed by atoms with Gasteiger partial charge in [0.25, 0.3) is 23.6 Å². The summed E-state index contributed by atoms with van der Waals surface area (Å²) in [5.74, 6) is 4.70. The molecule has 29 nitrogen and oxygen atoms in total. The summed E-state index contributed by atoms with van der Waals surface area (Å²) in [7, 11) is 0. The molecule has 9 aliphatic rings. The van der Waals surface area contributed by atoms with Crippen LogP contribution in [0.3, 0.4) is 0 Å². The Kier molecular flexibility index (Phi) is 47.0. The Bertz CT molecular complexity index is 3850. The maximum absolute atomic E-state index is 12.6. The monoisotopic (exact) mass is 1820 g/mol. The number of amides is 8. The predicted octanol–water partition coefficient (Wildman–Crippen LogP) is 13.5. The van der Waals surface area contributed by atoms with Crippen molar-refractivity contribution in [2.75, 3.05) is 178 Å². The van der Waals surface area contributed by atoms with E-state index in [1.54, 1.807) is 66.9 Å². The van der Waals surface area contributed by atoms with Crippen molar-refractivity contribution in [1.82, 2.24) is 54.2 Å². The highest BCUT2D eigenvalue weighted by Crippen LogP contribution is 2.39. The highest BCUT2D eigenvalue weighted by atomic mass is 16.6. The first-order valence-electron chi connectivity index (χ1n) is 48.3. The second-order valence-corrected chi connectivity index (χ2v) is 40.3. The molecule has 130 heavy (non-hydrogen) atoms. The van der Waals surface area contributed by atoms with Crippen LogP contribution in [0.25, 0.3) is 0 Å². The number of allylic oxidation sites excluding steroid dienone is 4. The van der Waals surface area contributed by atoms with Crippen LogP contribution in [0, 0.1) is 57.2 Å². The van der Waals surface area contributed by atoms with E-state index in [4.69, 9.17) is 37.9 Å². The Morgan fingerprint density at radius 2 is 0.631 bits per heavy atom. The van der Waals surface area contributed by atoms with E-state index in [0.717, 1.165) is 167 Å². The maximum atomic E-state index is 12.6. The van der Waals surface area contributed by atoms with Crippen LogP contribution in [-0.2, 0) is 98.9 Å². The smallest absolute Gasteiger partial charge is 0.251 e. The van der Waals surface area contributed by atoms with Crippen molar-refractivity contribution < 1.29 is 85.8 Å². The largest absolute Gasteiger partial charge is 0.379 e. The molecule has 10 rings (SSSR count). The highest BCUT2D eigenvalue weighted by Gasteiger charge is 2.42. The highest BCUT2D eigenvalue weighted by molar-refractivity contribution is 5.94. The van der Waals surface area contributed by atoms with Crippen LogP contribution < -0.4 is 0 Å². The zero-order valence-corrected chi connectivity index (χ0v) is 81.3. The van der Waals surface area contributed by atoms with Gasteiger partial charge in [0.1, 0.15) is 17.3 Å². The molecule has 1 aromatic heterocycles. The molecule has 29 heteroatoms. The summed E-state index contributed by atoms with van der Waals surface area (Å²) in [5, 5.41) is 8.15. The van der Waals surface area contributed by atoms with Gasteiger partial charge in [0.15, 0.2) is 0 Å². The molecule has 0 bridgehead atoms. The summed E-state index contributed by atoms with van der Waals surface area (Å²) in [6.07, 6.45) is 33.5. The number of ketones is 2. The lowest BCUT2D eigenvalue weighted by molar-refractivity contribution is -0.142. The van der Waals surface area contributed by atoms with Gasteiger partial charge in [-0.2, -0.15) is 0 Å². The molecule has 1 aromatic rings. The Balaban J connectivity index is 0.000000238. The topological polar surface area (TPSA) is 301 Å². The quantitative estimate of drug-likeness (QED) is 0.0547. The lowest BCUT2D eigenvalue weighted by atomic mass is 9.76. The molecule has 0 aromatic carbocycles. The van der Waals surface area contributed by atoms with E-state index in [9.17, 15) is 47.9 Å². The molecule has 8 aliphatic heterocycles. The fourth-order valence-corrected chi connectivity index (χ4v) is 16.1. The van der Waals surface area contributed by atoms with Gasteiger partial charge >= 0.3 is 0 Å². The summed E-state index contributed by atoms with van der Waals surface area (Å²) in [4.78, 5) is 134. The summed E-state index contributed by atoms with van der Waals surface area (Å²) < 4.78 is 45.5. The third kappa shape index (κ3) is 39.6. The van der Waals surface area contributed by atoms with Gasteiger partial charge < -0.3 is 77.1 Å². The second-order valence-electron chi connectivity index (χ2n) is 40.3. The molecule has 0 radical (unpaired) electrons. The number of hydrogen-bond donors (Lipinski definition) is 0. The van der Waals surface area contributed by atoms with Crippen molar-refractivity contribution in [1.29, 1.82) is 0 Å². The van der Waals surface area contributed by atoms with Gasteiger partial charge in [0.05, 0.1) is 138 Å². The summed E-state index contributed by atoms with van der Waals surface area (Å²) in [6, 6.07) is 0. The van der Waals surface area contributed by atoms with Crippen LogP contribution in [0.4, 0.5) is 0 Å². The lowest BCUT2D eigenvalue weighted by Gasteiger charge is -2.46. The molecule has 1 saturated carbocycles. The molecule has 8 amide bonds. The molecule has 4 saturated heterocycles. The fourth-order valence-electron chi connectivity index (χ4n) is 16.1. The van der Waals surface area contributed by atoms with Gasteiger partial charge in [0.2, 0.25) is 23.6 Å². The van der Waals surface area contributed by atoms with E-state index in [0.29, 0.717) is 258 Å². The van der Waals surface area contributed by atoms with Crippen LogP contribution in [0.1, 0.15) is 230 Å². The Morgan fingerprint density at radius 1 is 0.331 bits per heavy atom. The summed E-state index contributed by atoms with van der Waals surface area (Å²) >= 11 is 0. The number of carbonyl (C=O) groups is 10. The molecule has 0 N–H and O–H groups in total. The minimum atomic E-state index is -0.0956. The number of aromatic nitrogens is 3. The molecule has 9 heterocycles. The fraction of sp³-hybridized carbons (Fsp3) is 0.723. The minimum absolute atomic E-state index is 0.0109. The number of unbranched alkanes of at least 4 members (excludes halogenated alkanes) is 8. The van der Waals surface area contributed by atoms with Gasteiger partial charge in [-0.1, -0.05) is 147 Å². The van der Waals surface area contributed by atoms with Gasteiger partial charge in [-0.25, -0.2) is 4.68 Å². The standard InChI is InChI=1S/C27H42N2O3.C26H41N5O6.C25H40N2O3.C23H38N2O6/c1-20-11-16-26(32)29(20)17-21-12-14-22(15-13-21)24(30)9-7-5-6-8-10-25(31)28-18-23(19-28)27(2,3)4;1-21-5-6-25(33)31(21)20-23-19-30(28-27-23)8-10-35-12-14-37-16-15-36-13-11-34-9-7-24(32)29-17-22(18-29)26(2,3)4;1-20-15-16-24(30)27(20)17-11-7-9-13-22(28)12-8-5-6-10-14-23(29)26-18-21(19-26)25(2,3)4;1-19-5-6-22(27)25(19)8-10-29-12-14-31-16-15-30-13-11-28-9-7-21(26)24-17-20(18-24)23(2,3)4/h11,16,21-23H,1,5-10,12-15,17-19H2,2-4H3;5-6,19,22H,1,7-18,20H2,2-4H3;15-16,21H,1,5-14,17-19H2,2-4H3;5-6,20H,1,7-18H2,2-4H3. The normalized spacial score (nSPS) is 18.6.